The molecule has 1 unspecified atom stereocenters. The molecule has 1 atom stereocenters. The third-order valence-electron chi connectivity index (χ3n) is 5.71. The summed E-state index contributed by atoms with van der Waals surface area (Å²) in [7, 11) is 3.21. The molecule has 0 aromatic heterocycles. The van der Waals surface area contributed by atoms with E-state index in [-0.39, 0.29) is 5.91 Å². The van der Waals surface area contributed by atoms with E-state index in [1.807, 2.05) is 42.5 Å². The lowest BCUT2D eigenvalue weighted by atomic mass is 10.1. The summed E-state index contributed by atoms with van der Waals surface area (Å²) in [5.41, 5.74) is 1.37. The maximum Gasteiger partial charge on any atom is 0.276 e. The van der Waals surface area contributed by atoms with Crippen LogP contribution in [0.2, 0.25) is 0 Å². The smallest absolute Gasteiger partial charge is 0.276 e. The van der Waals surface area contributed by atoms with Crippen molar-refractivity contribution >= 4 is 28.5 Å². The predicted octanol–water partition coefficient (Wildman–Crippen LogP) is 3.55. The van der Waals surface area contributed by atoms with Gasteiger partial charge in [0.2, 0.25) is 0 Å². The molecule has 2 aliphatic heterocycles. The highest BCUT2D eigenvalue weighted by Crippen LogP contribution is 2.35. The highest BCUT2D eigenvalue weighted by Gasteiger charge is 2.34. The summed E-state index contributed by atoms with van der Waals surface area (Å²) < 4.78 is 10.9. The molecule has 1 amide bonds. The summed E-state index contributed by atoms with van der Waals surface area (Å²) >= 11 is 1.58. The van der Waals surface area contributed by atoms with Crippen LogP contribution in [0, 0.1) is 0 Å². The van der Waals surface area contributed by atoms with Crippen LogP contribution >= 0.6 is 11.8 Å². The number of ether oxygens (including phenoxy) is 2. The number of amidine groups is 1. The Kier molecular flexibility index (Phi) is 7.54. The van der Waals surface area contributed by atoms with Crippen molar-refractivity contribution in [1.82, 2.24) is 10.3 Å². The van der Waals surface area contributed by atoms with Crippen molar-refractivity contribution in [2.75, 3.05) is 20.0 Å². The molecule has 2 aromatic rings. The van der Waals surface area contributed by atoms with E-state index in [2.05, 4.69) is 12.2 Å². The van der Waals surface area contributed by atoms with Crippen molar-refractivity contribution in [2.45, 2.75) is 45.2 Å². The molecule has 1 N–H and O–H groups in total. The molecular formula is C25H30N4O3S. The van der Waals surface area contributed by atoms with Gasteiger partial charge in [0.1, 0.15) is 5.70 Å². The Labute approximate surface area is 198 Å². The number of benzene rings is 2. The first-order chi connectivity index (χ1) is 16.2. The quantitative estimate of drug-likeness (QED) is 0.572. The molecule has 0 spiro atoms. The maximum absolute atomic E-state index is 13.2. The molecular weight excluding hydrogens is 436 g/mol. The number of methoxy groups -OCH3 is 2. The molecule has 33 heavy (non-hydrogen) atoms. The van der Waals surface area contributed by atoms with Crippen molar-refractivity contribution in [1.29, 1.82) is 0 Å². The monoisotopic (exact) mass is 466 g/mol. The first kappa shape index (κ1) is 23.2. The molecule has 8 heteroatoms. The van der Waals surface area contributed by atoms with Gasteiger partial charge in [0.05, 0.1) is 19.6 Å². The molecule has 2 heterocycles. The van der Waals surface area contributed by atoms with Crippen LogP contribution < -0.4 is 25.4 Å². The minimum Gasteiger partial charge on any atom is -0.493 e. The van der Waals surface area contributed by atoms with Gasteiger partial charge in [0, 0.05) is 16.5 Å². The Hall–Kier alpha value is -3.00. The second kappa shape index (κ2) is 10.7. The van der Waals surface area contributed by atoms with E-state index < -0.39 is 6.17 Å². The zero-order valence-electron chi connectivity index (χ0n) is 19.3. The lowest BCUT2D eigenvalue weighted by Crippen LogP contribution is -2.50. The number of rotatable bonds is 9. The fourth-order valence-corrected chi connectivity index (χ4v) is 4.85. The fraction of sp³-hybridized carbons (Fsp3) is 0.400. The number of fused-ring (bicyclic) bond motifs is 2. The number of nitrogens with zero attached hydrogens (tertiary/aromatic N) is 3. The van der Waals surface area contributed by atoms with Gasteiger partial charge < -0.3 is 9.47 Å². The van der Waals surface area contributed by atoms with E-state index in [1.165, 1.54) is 25.7 Å². The van der Waals surface area contributed by atoms with Crippen LogP contribution in [0.25, 0.3) is 5.70 Å². The number of nitrogens with one attached hydrogen (secondary N) is 1. The molecule has 2 aromatic carbocycles. The van der Waals surface area contributed by atoms with E-state index in [0.717, 1.165) is 28.3 Å². The summed E-state index contributed by atoms with van der Waals surface area (Å²) in [5.74, 6) is 2.01. The summed E-state index contributed by atoms with van der Waals surface area (Å²) in [6, 6.07) is 13.3. The standard InChI is InChI=1S/C25H30N4O3S/c1-4-5-6-7-10-15-33-25-27-24(30)22-18-11-8-9-12-19(18)26-23(29(22)28-25)17-13-14-20(31-2)21(16-17)32-3/h8-9,11-14,16,23H,4-7,10,15H2,1-3H3,(H,27,28,30). The zero-order chi connectivity index (χ0) is 23.2. The highest BCUT2D eigenvalue weighted by molar-refractivity contribution is 8.13. The maximum atomic E-state index is 13.2. The van der Waals surface area contributed by atoms with Gasteiger partial charge in [-0.1, -0.05) is 68.6 Å². The van der Waals surface area contributed by atoms with Gasteiger partial charge in [-0.2, -0.15) is 0 Å². The Morgan fingerprint density at radius 3 is 2.61 bits per heavy atom. The van der Waals surface area contributed by atoms with Crippen LogP contribution in [0.1, 0.15) is 50.8 Å². The molecule has 7 nitrogen and oxygen atoms in total. The number of para-hydroxylation sites is 1. The van der Waals surface area contributed by atoms with E-state index in [4.69, 9.17) is 19.6 Å². The van der Waals surface area contributed by atoms with Crippen LogP contribution in [0.4, 0.5) is 0 Å². The van der Waals surface area contributed by atoms with E-state index >= 15 is 0 Å². The van der Waals surface area contributed by atoms with Crippen molar-refractivity contribution in [3.05, 3.63) is 58.6 Å². The van der Waals surface area contributed by atoms with Crippen molar-refractivity contribution in [3.8, 4) is 11.5 Å². The molecule has 0 aliphatic carbocycles. The van der Waals surface area contributed by atoms with Crippen LogP contribution in [-0.4, -0.2) is 36.1 Å². The SMILES string of the molecule is CCCCCCCSC1=NN2C(=c3ccccc3=NC2c2ccc(OC)c(OC)c2)C(=O)N1. The summed E-state index contributed by atoms with van der Waals surface area (Å²) in [6.45, 7) is 2.21. The molecule has 0 fully saturated rings. The Bertz CT molecular complexity index is 1160. The highest BCUT2D eigenvalue weighted by atomic mass is 32.2. The molecule has 2 aliphatic rings. The van der Waals surface area contributed by atoms with Gasteiger partial charge in [-0.05, 0) is 24.6 Å². The number of unbranched alkanes of at least 4 members (excludes halogenated alkanes) is 4. The number of hydrogen-bond acceptors (Lipinski definition) is 7. The van der Waals surface area contributed by atoms with E-state index in [1.54, 1.807) is 31.0 Å². The van der Waals surface area contributed by atoms with Gasteiger partial charge in [0.15, 0.2) is 22.8 Å². The third kappa shape index (κ3) is 5.00. The Morgan fingerprint density at radius 2 is 1.82 bits per heavy atom. The summed E-state index contributed by atoms with van der Waals surface area (Å²) in [4.78, 5) is 18.1. The average molecular weight is 467 g/mol. The second-order valence-corrected chi connectivity index (χ2v) is 9.03. The lowest BCUT2D eigenvalue weighted by molar-refractivity contribution is -0.116. The number of hydrogen-bond donors (Lipinski definition) is 1. The van der Waals surface area contributed by atoms with Crippen molar-refractivity contribution < 1.29 is 14.3 Å². The molecule has 0 bridgehead atoms. The number of thioether (sulfide) groups is 1. The molecule has 174 valence electrons. The minimum atomic E-state index is -0.485. The van der Waals surface area contributed by atoms with Gasteiger partial charge in [0.25, 0.3) is 5.91 Å². The van der Waals surface area contributed by atoms with E-state index in [9.17, 15) is 4.79 Å². The second-order valence-electron chi connectivity index (χ2n) is 7.95. The fourth-order valence-electron chi connectivity index (χ4n) is 4.00. The van der Waals surface area contributed by atoms with Gasteiger partial charge in [-0.3, -0.25) is 15.1 Å². The normalized spacial score (nSPS) is 16.9. The van der Waals surface area contributed by atoms with Crippen LogP contribution in [-0.2, 0) is 4.79 Å². The average Bonchev–Trinajstić information content (AvgIpc) is 2.85. The third-order valence-corrected chi connectivity index (χ3v) is 6.66. The predicted molar refractivity (Wildman–Crippen MR) is 132 cm³/mol. The number of amides is 1. The topological polar surface area (TPSA) is 75.5 Å². The molecule has 0 radical (unpaired) electrons. The first-order valence-corrected chi connectivity index (χ1v) is 12.4. The summed E-state index contributed by atoms with van der Waals surface area (Å²) in [6.07, 6.45) is 5.55. The van der Waals surface area contributed by atoms with Crippen molar-refractivity contribution in [2.24, 2.45) is 10.1 Å². The van der Waals surface area contributed by atoms with E-state index in [0.29, 0.717) is 22.4 Å². The van der Waals surface area contributed by atoms with Gasteiger partial charge in [-0.25, -0.2) is 5.01 Å². The van der Waals surface area contributed by atoms with Gasteiger partial charge >= 0.3 is 0 Å². The zero-order valence-corrected chi connectivity index (χ0v) is 20.2. The largest absolute Gasteiger partial charge is 0.493 e. The van der Waals surface area contributed by atoms with Crippen LogP contribution in [0.15, 0.2) is 52.6 Å². The van der Waals surface area contributed by atoms with Crippen LogP contribution in [0.3, 0.4) is 0 Å². The van der Waals surface area contributed by atoms with Crippen molar-refractivity contribution in [3.63, 3.8) is 0 Å². The molecule has 4 rings (SSSR count). The Morgan fingerprint density at radius 1 is 1.03 bits per heavy atom. The first-order valence-electron chi connectivity index (χ1n) is 11.4. The number of carbonyl (C=O) groups excluding carboxylic acids is 1. The van der Waals surface area contributed by atoms with Crippen LogP contribution in [0.5, 0.6) is 11.5 Å². The number of hydrazone groups is 1. The minimum absolute atomic E-state index is 0.161. The Balaban J connectivity index is 1.68. The number of carbonyl (C=O) groups is 1. The summed E-state index contributed by atoms with van der Waals surface area (Å²) in [5, 5.41) is 11.7. The lowest BCUT2D eigenvalue weighted by Gasteiger charge is -2.34. The van der Waals surface area contributed by atoms with Gasteiger partial charge in [-0.15, -0.1) is 5.10 Å². The molecule has 0 saturated carbocycles. The molecule has 0 saturated heterocycles.